The van der Waals surface area contributed by atoms with Crippen molar-refractivity contribution < 1.29 is 19.0 Å². The van der Waals surface area contributed by atoms with Crippen molar-refractivity contribution >= 4 is 28.1 Å². The number of carbonyl (C=O) groups is 1. The molecule has 0 fully saturated rings. The lowest BCUT2D eigenvalue weighted by Gasteiger charge is -2.13. The van der Waals surface area contributed by atoms with Gasteiger partial charge in [0.15, 0.2) is 6.10 Å². The van der Waals surface area contributed by atoms with Gasteiger partial charge in [0.25, 0.3) is 5.91 Å². The monoisotopic (exact) mass is 482 g/mol. The van der Waals surface area contributed by atoms with Crippen molar-refractivity contribution in [2.45, 2.75) is 19.6 Å². The minimum atomic E-state index is -0.696. The second-order valence-corrected chi connectivity index (χ2v) is 7.54. The van der Waals surface area contributed by atoms with Crippen LogP contribution in [0.5, 0.6) is 17.2 Å². The van der Waals surface area contributed by atoms with E-state index in [-0.39, 0.29) is 5.91 Å². The number of hydrogen-bond acceptors (Lipinski definition) is 5. The van der Waals surface area contributed by atoms with Crippen LogP contribution in [0.4, 0.5) is 0 Å². The Morgan fingerprint density at radius 1 is 1.06 bits per heavy atom. The summed E-state index contributed by atoms with van der Waals surface area (Å²) in [5, 5.41) is 4.05. The third kappa shape index (κ3) is 6.86. The van der Waals surface area contributed by atoms with E-state index in [2.05, 4.69) is 26.5 Å². The van der Waals surface area contributed by atoms with E-state index in [1.807, 2.05) is 60.7 Å². The average molecular weight is 483 g/mol. The Balaban J connectivity index is 1.56. The van der Waals surface area contributed by atoms with Crippen molar-refractivity contribution in [3.05, 3.63) is 88.4 Å². The van der Waals surface area contributed by atoms with Gasteiger partial charge in [0.05, 0.1) is 13.3 Å². The minimum Gasteiger partial charge on any atom is -0.497 e. The molecule has 0 bridgehead atoms. The summed E-state index contributed by atoms with van der Waals surface area (Å²) in [5.74, 6) is 1.68. The molecule has 0 aliphatic carbocycles. The molecule has 0 heterocycles. The Kier molecular flexibility index (Phi) is 8.06. The highest BCUT2D eigenvalue weighted by molar-refractivity contribution is 9.10. The van der Waals surface area contributed by atoms with E-state index in [1.54, 1.807) is 32.4 Å². The van der Waals surface area contributed by atoms with Gasteiger partial charge in [0.1, 0.15) is 23.9 Å². The molecule has 1 N–H and O–H groups in total. The molecule has 0 saturated heterocycles. The van der Waals surface area contributed by atoms with Gasteiger partial charge in [-0.2, -0.15) is 5.10 Å². The molecular weight excluding hydrogens is 460 g/mol. The van der Waals surface area contributed by atoms with Gasteiger partial charge in [-0.25, -0.2) is 5.43 Å². The molecule has 0 saturated carbocycles. The Morgan fingerprint density at radius 3 is 2.61 bits per heavy atom. The first kappa shape index (κ1) is 22.4. The molecule has 1 amide bonds. The van der Waals surface area contributed by atoms with Crippen molar-refractivity contribution in [3.8, 4) is 17.2 Å². The van der Waals surface area contributed by atoms with E-state index in [9.17, 15) is 4.79 Å². The number of halogens is 1. The number of hydrazone groups is 1. The van der Waals surface area contributed by atoms with Crippen LogP contribution in [0.1, 0.15) is 18.1 Å². The summed E-state index contributed by atoms with van der Waals surface area (Å²) in [7, 11) is 1.63. The summed E-state index contributed by atoms with van der Waals surface area (Å²) >= 11 is 3.36. The number of ether oxygens (including phenoxy) is 3. The number of methoxy groups -OCH3 is 1. The topological polar surface area (TPSA) is 69.2 Å². The molecule has 0 aliphatic rings. The zero-order valence-corrected chi connectivity index (χ0v) is 18.8. The highest BCUT2D eigenvalue weighted by atomic mass is 79.9. The largest absolute Gasteiger partial charge is 0.497 e. The van der Waals surface area contributed by atoms with Crippen LogP contribution in [0.3, 0.4) is 0 Å². The summed E-state index contributed by atoms with van der Waals surface area (Å²) < 4.78 is 17.7. The van der Waals surface area contributed by atoms with Crippen LogP contribution in [0.15, 0.2) is 82.4 Å². The summed E-state index contributed by atoms with van der Waals surface area (Å²) in [5.41, 5.74) is 4.23. The second-order valence-electron chi connectivity index (χ2n) is 6.63. The fraction of sp³-hybridized carbons (Fsp3) is 0.167. The maximum absolute atomic E-state index is 12.3. The quantitative estimate of drug-likeness (QED) is 0.345. The Bertz CT molecular complexity index is 1040. The third-order valence-electron chi connectivity index (χ3n) is 4.32. The van der Waals surface area contributed by atoms with Crippen molar-refractivity contribution in [1.29, 1.82) is 0 Å². The molecule has 3 aromatic carbocycles. The number of amides is 1. The Morgan fingerprint density at radius 2 is 1.84 bits per heavy atom. The van der Waals surface area contributed by atoms with Gasteiger partial charge in [-0.3, -0.25) is 4.79 Å². The predicted octanol–water partition coefficient (Wildman–Crippen LogP) is 4.95. The molecule has 6 nitrogen and oxygen atoms in total. The highest BCUT2D eigenvalue weighted by Gasteiger charge is 2.14. The van der Waals surface area contributed by atoms with Crippen LogP contribution in [0, 0.1) is 0 Å². The molecule has 7 heteroatoms. The number of hydrogen-bond donors (Lipinski definition) is 1. The maximum Gasteiger partial charge on any atom is 0.280 e. The van der Waals surface area contributed by atoms with Crippen molar-refractivity contribution in [2.75, 3.05) is 7.11 Å². The minimum absolute atomic E-state index is 0.353. The first-order valence-corrected chi connectivity index (χ1v) is 10.4. The van der Waals surface area contributed by atoms with Gasteiger partial charge < -0.3 is 14.2 Å². The first-order valence-electron chi connectivity index (χ1n) is 9.65. The lowest BCUT2D eigenvalue weighted by atomic mass is 10.2. The molecule has 0 aromatic heterocycles. The third-order valence-corrected chi connectivity index (χ3v) is 4.85. The molecule has 0 aliphatic heterocycles. The molecule has 0 unspecified atom stereocenters. The molecule has 0 spiro atoms. The van der Waals surface area contributed by atoms with Gasteiger partial charge >= 0.3 is 0 Å². The van der Waals surface area contributed by atoms with Crippen LogP contribution in [-0.2, 0) is 11.4 Å². The van der Waals surface area contributed by atoms with E-state index in [4.69, 9.17) is 14.2 Å². The van der Waals surface area contributed by atoms with Crippen LogP contribution in [0.2, 0.25) is 0 Å². The van der Waals surface area contributed by atoms with Crippen LogP contribution >= 0.6 is 15.9 Å². The van der Waals surface area contributed by atoms with Gasteiger partial charge in [-0.1, -0.05) is 40.2 Å². The van der Waals surface area contributed by atoms with E-state index < -0.39 is 6.10 Å². The molecule has 3 rings (SSSR count). The van der Waals surface area contributed by atoms with E-state index in [0.29, 0.717) is 18.1 Å². The lowest BCUT2D eigenvalue weighted by Crippen LogP contribution is -2.33. The molecule has 31 heavy (non-hydrogen) atoms. The van der Waals surface area contributed by atoms with Gasteiger partial charge in [-0.15, -0.1) is 0 Å². The Labute approximate surface area is 190 Å². The lowest BCUT2D eigenvalue weighted by molar-refractivity contribution is -0.127. The zero-order chi connectivity index (χ0) is 22.1. The van der Waals surface area contributed by atoms with Crippen molar-refractivity contribution in [3.63, 3.8) is 0 Å². The number of rotatable bonds is 9. The number of benzene rings is 3. The summed E-state index contributed by atoms with van der Waals surface area (Å²) in [6.07, 6.45) is 0.850. The van der Waals surface area contributed by atoms with Crippen LogP contribution in [0.25, 0.3) is 0 Å². The van der Waals surface area contributed by atoms with E-state index in [0.717, 1.165) is 21.3 Å². The molecular formula is C24H23BrN2O4. The first-order chi connectivity index (χ1) is 15.0. The van der Waals surface area contributed by atoms with Gasteiger partial charge in [0, 0.05) is 10.0 Å². The number of nitrogens with zero attached hydrogens (tertiary/aromatic N) is 1. The number of para-hydroxylation sites is 1. The number of nitrogens with one attached hydrogen (secondary N) is 1. The smallest absolute Gasteiger partial charge is 0.280 e. The maximum atomic E-state index is 12.3. The molecule has 1 atom stereocenters. The fourth-order valence-corrected chi connectivity index (χ4v) is 2.93. The summed E-state index contributed by atoms with van der Waals surface area (Å²) in [6.45, 7) is 2.05. The summed E-state index contributed by atoms with van der Waals surface area (Å²) in [4.78, 5) is 12.3. The summed E-state index contributed by atoms with van der Waals surface area (Å²) in [6, 6.07) is 22.4. The van der Waals surface area contributed by atoms with E-state index in [1.165, 1.54) is 0 Å². The fourth-order valence-electron chi connectivity index (χ4n) is 2.67. The van der Waals surface area contributed by atoms with Crippen LogP contribution in [-0.4, -0.2) is 25.3 Å². The van der Waals surface area contributed by atoms with Crippen molar-refractivity contribution in [1.82, 2.24) is 5.43 Å². The number of carbonyl (C=O) groups excluding carboxylic acids is 1. The normalized spacial score (nSPS) is 11.7. The van der Waals surface area contributed by atoms with E-state index >= 15 is 0 Å². The Hall–Kier alpha value is -3.32. The molecule has 0 radical (unpaired) electrons. The SMILES string of the molecule is COc1cccc(COc2ccccc2/C=N\NC(=O)[C@@H](C)Oc2ccc(Br)cc2)c1. The molecule has 3 aromatic rings. The molecule has 160 valence electrons. The zero-order valence-electron chi connectivity index (χ0n) is 17.2. The van der Waals surface area contributed by atoms with Crippen LogP contribution < -0.4 is 19.6 Å². The second kappa shape index (κ2) is 11.2. The predicted molar refractivity (Wildman–Crippen MR) is 124 cm³/mol. The highest BCUT2D eigenvalue weighted by Crippen LogP contribution is 2.20. The average Bonchev–Trinajstić information content (AvgIpc) is 2.80. The standard InChI is InChI=1S/C24H23BrN2O4/c1-17(31-21-12-10-20(25)11-13-21)24(28)27-26-15-19-7-3-4-9-23(19)30-16-18-6-5-8-22(14-18)29-2/h3-15,17H,16H2,1-2H3,(H,27,28)/b26-15-/t17-/m1/s1. The van der Waals surface area contributed by atoms with Gasteiger partial charge in [0.2, 0.25) is 0 Å². The van der Waals surface area contributed by atoms with Gasteiger partial charge in [-0.05, 0) is 61.0 Å². The van der Waals surface area contributed by atoms with Crippen molar-refractivity contribution in [2.24, 2.45) is 5.10 Å².